The van der Waals surface area contributed by atoms with Crippen molar-refractivity contribution in [2.75, 3.05) is 10.6 Å². The molecule has 0 fully saturated rings. The third-order valence-corrected chi connectivity index (χ3v) is 3.72. The van der Waals surface area contributed by atoms with E-state index in [1.54, 1.807) is 6.07 Å². The highest BCUT2D eigenvalue weighted by Crippen LogP contribution is 2.21. The first kappa shape index (κ1) is 15.4. The second kappa shape index (κ2) is 7.17. The second-order valence-electron chi connectivity index (χ2n) is 4.68. The maximum atomic E-state index is 12.2. The summed E-state index contributed by atoms with van der Waals surface area (Å²) in [4.78, 5) is 20.4. The molecule has 2 aromatic rings. The van der Waals surface area contributed by atoms with Gasteiger partial charge in [-0.05, 0) is 41.4 Å². The number of amides is 1. The Bertz CT molecular complexity index is 633. The molecule has 0 aliphatic carbocycles. The largest absolute Gasteiger partial charge is 0.368 e. The molecule has 1 unspecified atom stereocenters. The van der Waals surface area contributed by atoms with Gasteiger partial charge in [-0.3, -0.25) is 4.79 Å². The molecule has 21 heavy (non-hydrogen) atoms. The standard InChI is InChI=1S/C15H17BrN4O/c1-3-10(2)19-14-8-13(17-9-18-14)15(21)20-12-7-5-4-6-11(12)16/h4-10H,3H2,1-2H3,(H,20,21)(H,17,18,19). The van der Waals surface area contributed by atoms with Gasteiger partial charge >= 0.3 is 0 Å². The zero-order valence-electron chi connectivity index (χ0n) is 11.9. The highest BCUT2D eigenvalue weighted by molar-refractivity contribution is 9.10. The summed E-state index contributed by atoms with van der Waals surface area (Å²) in [5.74, 6) is 0.383. The number of nitrogens with one attached hydrogen (secondary N) is 2. The molecule has 110 valence electrons. The molecular formula is C15H17BrN4O. The topological polar surface area (TPSA) is 66.9 Å². The number of para-hydroxylation sites is 1. The van der Waals surface area contributed by atoms with Crippen LogP contribution in [0.2, 0.25) is 0 Å². The van der Waals surface area contributed by atoms with Crippen LogP contribution in [0.4, 0.5) is 11.5 Å². The number of carbonyl (C=O) groups is 1. The van der Waals surface area contributed by atoms with Gasteiger partial charge < -0.3 is 10.6 Å². The van der Waals surface area contributed by atoms with E-state index in [1.807, 2.05) is 24.3 Å². The number of carbonyl (C=O) groups excluding carboxylic acids is 1. The smallest absolute Gasteiger partial charge is 0.274 e. The minimum Gasteiger partial charge on any atom is -0.368 e. The van der Waals surface area contributed by atoms with Crippen LogP contribution in [-0.4, -0.2) is 21.9 Å². The molecule has 2 N–H and O–H groups in total. The number of rotatable bonds is 5. The predicted octanol–water partition coefficient (Wildman–Crippen LogP) is 3.70. The summed E-state index contributed by atoms with van der Waals surface area (Å²) >= 11 is 3.39. The third-order valence-electron chi connectivity index (χ3n) is 3.03. The molecule has 1 aromatic carbocycles. The Morgan fingerprint density at radius 2 is 2.10 bits per heavy atom. The molecule has 1 aromatic heterocycles. The average Bonchev–Trinajstić information content (AvgIpc) is 2.49. The number of benzene rings is 1. The van der Waals surface area contributed by atoms with E-state index in [0.717, 1.165) is 10.9 Å². The first-order chi connectivity index (χ1) is 10.1. The van der Waals surface area contributed by atoms with Crippen LogP contribution >= 0.6 is 15.9 Å². The molecule has 0 aliphatic heterocycles. The molecular weight excluding hydrogens is 332 g/mol. The van der Waals surface area contributed by atoms with Crippen molar-refractivity contribution in [1.82, 2.24) is 9.97 Å². The Labute approximate surface area is 132 Å². The molecule has 1 atom stereocenters. The molecule has 1 amide bonds. The Morgan fingerprint density at radius 1 is 1.33 bits per heavy atom. The van der Waals surface area contributed by atoms with E-state index in [2.05, 4.69) is 50.4 Å². The quantitative estimate of drug-likeness (QED) is 0.864. The van der Waals surface area contributed by atoms with Crippen molar-refractivity contribution >= 4 is 33.3 Å². The lowest BCUT2D eigenvalue weighted by atomic mass is 10.2. The van der Waals surface area contributed by atoms with Crippen molar-refractivity contribution in [3.05, 3.63) is 46.8 Å². The molecule has 0 aliphatic rings. The summed E-state index contributed by atoms with van der Waals surface area (Å²) in [6.45, 7) is 4.14. The Balaban J connectivity index is 2.12. The average molecular weight is 349 g/mol. The van der Waals surface area contributed by atoms with Crippen LogP contribution in [-0.2, 0) is 0 Å². The van der Waals surface area contributed by atoms with Gasteiger partial charge in [0, 0.05) is 16.6 Å². The Morgan fingerprint density at radius 3 is 2.81 bits per heavy atom. The molecule has 0 bridgehead atoms. The summed E-state index contributed by atoms with van der Waals surface area (Å²) in [7, 11) is 0. The van der Waals surface area contributed by atoms with Crippen LogP contribution in [0.5, 0.6) is 0 Å². The maximum Gasteiger partial charge on any atom is 0.274 e. The summed E-state index contributed by atoms with van der Waals surface area (Å²) in [6.07, 6.45) is 2.36. The highest BCUT2D eigenvalue weighted by Gasteiger charge is 2.11. The lowest BCUT2D eigenvalue weighted by molar-refractivity contribution is 0.102. The minimum atomic E-state index is -0.267. The van der Waals surface area contributed by atoms with Crippen molar-refractivity contribution in [2.45, 2.75) is 26.3 Å². The van der Waals surface area contributed by atoms with Gasteiger partial charge in [-0.2, -0.15) is 0 Å². The monoisotopic (exact) mass is 348 g/mol. The Hall–Kier alpha value is -1.95. The number of halogens is 1. The first-order valence-electron chi connectivity index (χ1n) is 6.74. The molecule has 6 heteroatoms. The number of nitrogens with zero attached hydrogens (tertiary/aromatic N) is 2. The van der Waals surface area contributed by atoms with Crippen LogP contribution in [0.1, 0.15) is 30.8 Å². The zero-order valence-corrected chi connectivity index (χ0v) is 13.5. The second-order valence-corrected chi connectivity index (χ2v) is 5.53. The fourth-order valence-electron chi connectivity index (χ4n) is 1.66. The number of aromatic nitrogens is 2. The third kappa shape index (κ3) is 4.26. The summed E-state index contributed by atoms with van der Waals surface area (Å²) < 4.78 is 0.824. The fourth-order valence-corrected chi connectivity index (χ4v) is 2.05. The summed E-state index contributed by atoms with van der Waals surface area (Å²) in [5, 5.41) is 6.04. The number of hydrogen-bond donors (Lipinski definition) is 2. The molecule has 0 spiro atoms. The lowest BCUT2D eigenvalue weighted by Crippen LogP contribution is -2.17. The van der Waals surface area contributed by atoms with Crippen molar-refractivity contribution in [1.29, 1.82) is 0 Å². The molecule has 0 saturated carbocycles. The van der Waals surface area contributed by atoms with Gasteiger partial charge in [-0.15, -0.1) is 0 Å². The number of hydrogen-bond acceptors (Lipinski definition) is 4. The molecule has 2 rings (SSSR count). The van der Waals surface area contributed by atoms with E-state index in [-0.39, 0.29) is 5.91 Å². The molecule has 0 radical (unpaired) electrons. The van der Waals surface area contributed by atoms with Crippen LogP contribution in [0.25, 0.3) is 0 Å². The fraction of sp³-hybridized carbons (Fsp3) is 0.267. The summed E-state index contributed by atoms with van der Waals surface area (Å²) in [6, 6.07) is 9.37. The lowest BCUT2D eigenvalue weighted by Gasteiger charge is -2.12. The predicted molar refractivity (Wildman–Crippen MR) is 87.5 cm³/mol. The van der Waals surface area contributed by atoms with Gasteiger partial charge in [0.05, 0.1) is 5.69 Å². The van der Waals surface area contributed by atoms with Crippen LogP contribution < -0.4 is 10.6 Å². The van der Waals surface area contributed by atoms with Gasteiger partial charge in [0.25, 0.3) is 5.91 Å². The van der Waals surface area contributed by atoms with Crippen LogP contribution in [0.15, 0.2) is 41.1 Å². The molecule has 0 saturated heterocycles. The van der Waals surface area contributed by atoms with Gasteiger partial charge in [-0.1, -0.05) is 19.1 Å². The van der Waals surface area contributed by atoms with E-state index in [4.69, 9.17) is 0 Å². The van der Waals surface area contributed by atoms with Gasteiger partial charge in [0.15, 0.2) is 0 Å². The molecule has 1 heterocycles. The minimum absolute atomic E-state index is 0.267. The van der Waals surface area contributed by atoms with Crippen LogP contribution in [0.3, 0.4) is 0 Å². The van der Waals surface area contributed by atoms with Crippen LogP contribution in [0, 0.1) is 0 Å². The Kier molecular flexibility index (Phi) is 5.27. The number of anilines is 2. The van der Waals surface area contributed by atoms with E-state index in [0.29, 0.717) is 23.2 Å². The van der Waals surface area contributed by atoms with Crippen molar-refractivity contribution in [3.8, 4) is 0 Å². The van der Waals surface area contributed by atoms with E-state index in [9.17, 15) is 4.79 Å². The van der Waals surface area contributed by atoms with Gasteiger partial charge in [0.1, 0.15) is 17.8 Å². The summed E-state index contributed by atoms with van der Waals surface area (Å²) in [5.41, 5.74) is 1.03. The normalized spacial score (nSPS) is 11.8. The van der Waals surface area contributed by atoms with Crippen molar-refractivity contribution in [2.24, 2.45) is 0 Å². The van der Waals surface area contributed by atoms with Crippen molar-refractivity contribution < 1.29 is 4.79 Å². The van der Waals surface area contributed by atoms with E-state index in [1.165, 1.54) is 6.33 Å². The first-order valence-corrected chi connectivity index (χ1v) is 7.54. The van der Waals surface area contributed by atoms with Gasteiger partial charge in [0.2, 0.25) is 0 Å². The van der Waals surface area contributed by atoms with E-state index >= 15 is 0 Å². The maximum absolute atomic E-state index is 12.2. The molecule has 5 nitrogen and oxygen atoms in total. The zero-order chi connectivity index (χ0) is 15.2. The van der Waals surface area contributed by atoms with Gasteiger partial charge in [-0.25, -0.2) is 9.97 Å². The highest BCUT2D eigenvalue weighted by atomic mass is 79.9. The van der Waals surface area contributed by atoms with Crippen molar-refractivity contribution in [3.63, 3.8) is 0 Å². The van der Waals surface area contributed by atoms with E-state index < -0.39 is 0 Å². The SMILES string of the molecule is CCC(C)Nc1cc(C(=O)Nc2ccccc2Br)ncn1.